The molecule has 0 saturated heterocycles. The van der Waals surface area contributed by atoms with Gasteiger partial charge in [-0.2, -0.15) is 4.72 Å². The van der Waals surface area contributed by atoms with Gasteiger partial charge in [-0.15, -0.1) is 0 Å². The Morgan fingerprint density at radius 1 is 1.40 bits per heavy atom. The maximum absolute atomic E-state index is 12.0. The van der Waals surface area contributed by atoms with Crippen molar-refractivity contribution in [1.82, 2.24) is 4.72 Å². The summed E-state index contributed by atoms with van der Waals surface area (Å²) in [5.41, 5.74) is -2.58. The Hall–Kier alpha value is -2.20. The van der Waals surface area contributed by atoms with Gasteiger partial charge in [0.25, 0.3) is 0 Å². The highest BCUT2D eigenvalue weighted by molar-refractivity contribution is 7.89. The maximum Gasteiger partial charge on any atom is 0.324 e. The van der Waals surface area contributed by atoms with Crippen LogP contribution in [-0.2, 0) is 14.8 Å². The number of phenols is 1. The summed E-state index contributed by atoms with van der Waals surface area (Å²) >= 11 is 0. The Labute approximate surface area is 114 Å². The van der Waals surface area contributed by atoms with Crippen LogP contribution in [0.1, 0.15) is 13.8 Å². The molecule has 0 saturated carbocycles. The van der Waals surface area contributed by atoms with E-state index in [-0.39, 0.29) is 0 Å². The smallest absolute Gasteiger partial charge is 0.324 e. The Balaban J connectivity index is 3.27. The van der Waals surface area contributed by atoms with E-state index in [1.54, 1.807) is 0 Å². The molecule has 0 aliphatic rings. The van der Waals surface area contributed by atoms with Gasteiger partial charge in [-0.05, 0) is 26.0 Å². The first-order valence-electron chi connectivity index (χ1n) is 5.22. The molecular formula is C10H12N2O7S. The number of hydrogen-bond donors (Lipinski definition) is 3. The Morgan fingerprint density at radius 3 is 2.40 bits per heavy atom. The normalized spacial score (nSPS) is 12.1. The molecule has 0 amide bonds. The third-order valence-electron chi connectivity index (χ3n) is 2.38. The van der Waals surface area contributed by atoms with Gasteiger partial charge in [-0.25, -0.2) is 8.42 Å². The summed E-state index contributed by atoms with van der Waals surface area (Å²) in [7, 11) is -4.28. The lowest BCUT2D eigenvalue weighted by Gasteiger charge is -2.20. The summed E-state index contributed by atoms with van der Waals surface area (Å²) in [5, 5.41) is 28.7. The first kappa shape index (κ1) is 15.9. The van der Waals surface area contributed by atoms with Crippen LogP contribution in [0, 0.1) is 10.1 Å². The average Bonchev–Trinajstić information content (AvgIpc) is 2.27. The van der Waals surface area contributed by atoms with Crippen molar-refractivity contribution in [3.05, 3.63) is 28.3 Å². The van der Waals surface area contributed by atoms with Crippen molar-refractivity contribution in [1.29, 1.82) is 0 Å². The van der Waals surface area contributed by atoms with E-state index >= 15 is 0 Å². The van der Waals surface area contributed by atoms with Crippen LogP contribution in [0.5, 0.6) is 5.75 Å². The predicted octanol–water partition coefficient (Wildman–Crippen LogP) is 0.442. The van der Waals surface area contributed by atoms with Gasteiger partial charge in [0.2, 0.25) is 10.0 Å². The third kappa shape index (κ3) is 3.22. The molecule has 9 nitrogen and oxygen atoms in total. The van der Waals surface area contributed by atoms with Crippen LogP contribution in [0.15, 0.2) is 23.1 Å². The molecule has 0 radical (unpaired) electrons. The van der Waals surface area contributed by atoms with E-state index in [1.165, 1.54) is 0 Å². The minimum absolute atomic E-state index is 0.517. The van der Waals surface area contributed by atoms with Crippen molar-refractivity contribution in [2.24, 2.45) is 0 Å². The maximum atomic E-state index is 12.0. The van der Waals surface area contributed by atoms with E-state index < -0.39 is 42.8 Å². The molecule has 1 rings (SSSR count). The van der Waals surface area contributed by atoms with E-state index in [1.807, 2.05) is 4.72 Å². The second kappa shape index (κ2) is 5.06. The molecule has 20 heavy (non-hydrogen) atoms. The monoisotopic (exact) mass is 304 g/mol. The molecule has 1 aromatic carbocycles. The number of hydrogen-bond acceptors (Lipinski definition) is 6. The van der Waals surface area contributed by atoms with E-state index in [0.29, 0.717) is 6.07 Å². The van der Waals surface area contributed by atoms with Gasteiger partial charge in [0.1, 0.15) is 5.54 Å². The van der Waals surface area contributed by atoms with Crippen LogP contribution in [0.2, 0.25) is 0 Å². The van der Waals surface area contributed by atoms with Crippen molar-refractivity contribution < 1.29 is 28.3 Å². The average molecular weight is 304 g/mol. The zero-order valence-electron chi connectivity index (χ0n) is 10.5. The lowest BCUT2D eigenvalue weighted by atomic mass is 10.1. The zero-order valence-corrected chi connectivity index (χ0v) is 11.3. The summed E-state index contributed by atoms with van der Waals surface area (Å²) in [6.45, 7) is 2.25. The highest BCUT2D eigenvalue weighted by Gasteiger charge is 2.33. The van der Waals surface area contributed by atoms with Gasteiger partial charge in [0.15, 0.2) is 5.75 Å². The minimum atomic E-state index is -4.28. The van der Waals surface area contributed by atoms with E-state index in [9.17, 15) is 28.4 Å². The molecule has 0 spiro atoms. The van der Waals surface area contributed by atoms with Gasteiger partial charge < -0.3 is 10.2 Å². The van der Waals surface area contributed by atoms with E-state index in [4.69, 9.17) is 5.11 Å². The number of aromatic hydroxyl groups is 1. The van der Waals surface area contributed by atoms with Crippen LogP contribution >= 0.6 is 0 Å². The number of carboxylic acids is 1. The minimum Gasteiger partial charge on any atom is -0.502 e. The lowest BCUT2D eigenvalue weighted by molar-refractivity contribution is -0.386. The quantitative estimate of drug-likeness (QED) is 0.528. The topological polar surface area (TPSA) is 147 Å². The highest BCUT2D eigenvalue weighted by Crippen LogP contribution is 2.28. The van der Waals surface area contributed by atoms with Crippen molar-refractivity contribution in [3.63, 3.8) is 0 Å². The number of phenolic OH excluding ortho intramolecular Hbond substituents is 1. The van der Waals surface area contributed by atoms with Crippen molar-refractivity contribution in [3.8, 4) is 5.75 Å². The van der Waals surface area contributed by atoms with Crippen LogP contribution in [-0.4, -0.2) is 35.1 Å². The molecule has 0 fully saturated rings. The van der Waals surface area contributed by atoms with Crippen molar-refractivity contribution >= 4 is 21.7 Å². The number of nitrogens with zero attached hydrogens (tertiary/aromatic N) is 1. The van der Waals surface area contributed by atoms with Gasteiger partial charge >= 0.3 is 11.7 Å². The molecule has 0 aliphatic carbocycles. The number of nitrogens with one attached hydrogen (secondary N) is 1. The number of benzene rings is 1. The lowest BCUT2D eigenvalue weighted by Crippen LogP contribution is -2.49. The van der Waals surface area contributed by atoms with Crippen LogP contribution in [0.3, 0.4) is 0 Å². The number of rotatable bonds is 5. The highest BCUT2D eigenvalue weighted by atomic mass is 32.2. The van der Waals surface area contributed by atoms with Crippen LogP contribution in [0.4, 0.5) is 5.69 Å². The molecule has 1 aromatic rings. The van der Waals surface area contributed by atoms with E-state index in [2.05, 4.69) is 0 Å². The second-order valence-corrected chi connectivity index (χ2v) is 6.13. The largest absolute Gasteiger partial charge is 0.502 e. The van der Waals surface area contributed by atoms with Gasteiger partial charge in [0.05, 0.1) is 9.82 Å². The molecular weight excluding hydrogens is 292 g/mol. The second-order valence-electron chi connectivity index (χ2n) is 4.44. The third-order valence-corrected chi connectivity index (χ3v) is 4.03. The summed E-state index contributed by atoms with van der Waals surface area (Å²) in [6.07, 6.45) is 0. The molecule has 0 unspecified atom stereocenters. The standard InChI is InChI=1S/C10H12N2O7S/c1-10(2,9(14)15)11-20(18,19)6-3-4-8(13)7(5-6)12(16)17/h3-5,11,13H,1-2H3,(H,14,15). The van der Waals surface area contributed by atoms with Gasteiger partial charge in [0, 0.05) is 6.07 Å². The molecule has 0 heterocycles. The first-order chi connectivity index (χ1) is 8.97. The number of carboxylic acid groups (broad SMARTS) is 1. The fraction of sp³-hybridized carbons (Fsp3) is 0.300. The summed E-state index contributed by atoms with van der Waals surface area (Å²) < 4.78 is 25.8. The fourth-order valence-electron chi connectivity index (χ4n) is 1.26. The molecule has 0 aromatic heterocycles. The number of aliphatic carboxylic acids is 1. The molecule has 3 N–H and O–H groups in total. The number of sulfonamides is 1. The number of carbonyl (C=O) groups is 1. The summed E-state index contributed by atoms with van der Waals surface area (Å²) in [6, 6.07) is 2.43. The molecule has 0 bridgehead atoms. The van der Waals surface area contributed by atoms with Crippen molar-refractivity contribution in [2.75, 3.05) is 0 Å². The van der Waals surface area contributed by atoms with Crippen LogP contribution in [0.25, 0.3) is 0 Å². The summed E-state index contributed by atoms with van der Waals surface area (Å²) in [4.78, 5) is 20.0. The number of nitro groups is 1. The molecule has 110 valence electrons. The van der Waals surface area contributed by atoms with Gasteiger partial charge in [-0.1, -0.05) is 0 Å². The molecule has 0 aliphatic heterocycles. The van der Waals surface area contributed by atoms with Gasteiger partial charge in [-0.3, -0.25) is 14.9 Å². The zero-order chi connectivity index (χ0) is 15.7. The molecule has 0 atom stereocenters. The molecule has 10 heteroatoms. The van der Waals surface area contributed by atoms with Crippen molar-refractivity contribution in [2.45, 2.75) is 24.3 Å². The SMILES string of the molecule is CC(C)(NS(=O)(=O)c1ccc(O)c([N+](=O)[O-])c1)C(=O)O. The Kier molecular flexibility index (Phi) is 4.01. The predicted molar refractivity (Wildman–Crippen MR) is 66.8 cm³/mol. The Morgan fingerprint density at radius 2 is 1.95 bits per heavy atom. The van der Waals surface area contributed by atoms with Crippen LogP contribution < -0.4 is 4.72 Å². The number of nitro benzene ring substituents is 1. The first-order valence-corrected chi connectivity index (χ1v) is 6.70. The Bertz CT molecular complexity index is 666. The fourth-order valence-corrected chi connectivity index (χ4v) is 2.65. The summed E-state index contributed by atoms with van der Waals surface area (Å²) in [5.74, 6) is -2.10. The van der Waals surface area contributed by atoms with E-state index in [0.717, 1.165) is 26.0 Å².